The van der Waals surface area contributed by atoms with Crippen LogP contribution in [0.3, 0.4) is 0 Å². The molecular formula is C21H24N4O4. The zero-order chi connectivity index (χ0) is 20.8. The molecule has 0 aliphatic carbocycles. The van der Waals surface area contributed by atoms with Gasteiger partial charge in [-0.15, -0.1) is 0 Å². The minimum absolute atomic E-state index is 0.00611. The number of benzene rings is 2. The maximum absolute atomic E-state index is 10.8. The fourth-order valence-corrected chi connectivity index (χ4v) is 3.04. The molecule has 0 saturated carbocycles. The molecular weight excluding hydrogens is 372 g/mol. The highest BCUT2D eigenvalue weighted by atomic mass is 16.6. The van der Waals surface area contributed by atoms with Crippen molar-refractivity contribution < 1.29 is 14.6 Å². The summed E-state index contributed by atoms with van der Waals surface area (Å²) in [6.07, 6.45) is 0.00648. The second kappa shape index (κ2) is 9.40. The van der Waals surface area contributed by atoms with Gasteiger partial charge in [-0.1, -0.05) is 49.3 Å². The first-order chi connectivity index (χ1) is 13.9. The van der Waals surface area contributed by atoms with E-state index in [9.17, 15) is 15.2 Å². The maximum atomic E-state index is 10.8. The second-order valence-electron chi connectivity index (χ2n) is 7.23. The fraction of sp³-hybridized carbons (Fsp3) is 0.333. The number of nitro benzene ring substituents is 1. The summed E-state index contributed by atoms with van der Waals surface area (Å²) in [5.74, 6) is 0.941. The smallest absolute Gasteiger partial charge is 0.269 e. The topological polar surface area (TPSA) is 114 Å². The summed E-state index contributed by atoms with van der Waals surface area (Å²) in [7, 11) is 0. The number of non-ortho nitro benzene ring substituents is 1. The molecule has 1 heterocycles. The molecule has 8 nitrogen and oxygen atoms in total. The van der Waals surface area contributed by atoms with Gasteiger partial charge >= 0.3 is 0 Å². The van der Waals surface area contributed by atoms with Crippen LogP contribution in [0.25, 0.3) is 11.4 Å². The van der Waals surface area contributed by atoms with Gasteiger partial charge in [0.25, 0.3) is 5.69 Å². The van der Waals surface area contributed by atoms with Crippen LogP contribution >= 0.6 is 0 Å². The molecule has 2 aromatic carbocycles. The molecule has 29 heavy (non-hydrogen) atoms. The van der Waals surface area contributed by atoms with E-state index in [0.29, 0.717) is 30.2 Å². The second-order valence-corrected chi connectivity index (χ2v) is 7.23. The lowest BCUT2D eigenvalue weighted by atomic mass is 10.0. The lowest BCUT2D eigenvalue weighted by Gasteiger charge is -2.20. The summed E-state index contributed by atoms with van der Waals surface area (Å²) in [5.41, 5.74) is 1.71. The van der Waals surface area contributed by atoms with Crippen molar-refractivity contribution in [2.24, 2.45) is 5.92 Å². The van der Waals surface area contributed by atoms with Crippen LogP contribution in [0.15, 0.2) is 59.1 Å². The standard InChI is InChI=1S/C21H24N4O4/c1-14(2)19(22-13-18(26)12-15-6-4-3-5-7-15)21-23-20(24-29-21)16-8-10-17(11-9-16)25(27)28/h3-11,14,18-19,22,26H,12-13H2,1-2H3/t18-,19-/m0/s1. The van der Waals surface area contributed by atoms with Gasteiger partial charge < -0.3 is 14.9 Å². The molecule has 0 radical (unpaired) electrons. The first-order valence-corrected chi connectivity index (χ1v) is 9.48. The van der Waals surface area contributed by atoms with E-state index in [1.807, 2.05) is 44.2 Å². The van der Waals surface area contributed by atoms with Gasteiger partial charge in [-0.25, -0.2) is 0 Å². The van der Waals surface area contributed by atoms with Crippen molar-refractivity contribution in [3.63, 3.8) is 0 Å². The molecule has 0 saturated heterocycles. The predicted octanol–water partition coefficient (Wildman–Crippen LogP) is 3.54. The van der Waals surface area contributed by atoms with Crippen LogP contribution in [0.4, 0.5) is 5.69 Å². The molecule has 1 aromatic heterocycles. The highest BCUT2D eigenvalue weighted by molar-refractivity contribution is 5.56. The predicted molar refractivity (Wildman–Crippen MR) is 108 cm³/mol. The number of hydrogen-bond acceptors (Lipinski definition) is 7. The summed E-state index contributed by atoms with van der Waals surface area (Å²) in [6, 6.07) is 15.6. The Balaban J connectivity index is 1.65. The molecule has 0 aliphatic heterocycles. The Morgan fingerprint density at radius 3 is 2.45 bits per heavy atom. The Morgan fingerprint density at radius 1 is 1.14 bits per heavy atom. The average Bonchev–Trinajstić information content (AvgIpc) is 3.18. The van der Waals surface area contributed by atoms with Gasteiger partial charge in [-0.05, 0) is 30.0 Å². The SMILES string of the molecule is CC(C)[C@H](NC[C@@H](O)Cc1ccccc1)c1nc(-c2ccc([N+](=O)[O-])cc2)no1. The van der Waals surface area contributed by atoms with Crippen LogP contribution in [0.1, 0.15) is 31.3 Å². The van der Waals surface area contributed by atoms with E-state index in [0.717, 1.165) is 5.56 Å². The highest BCUT2D eigenvalue weighted by Crippen LogP contribution is 2.25. The van der Waals surface area contributed by atoms with E-state index in [1.165, 1.54) is 12.1 Å². The van der Waals surface area contributed by atoms with Gasteiger partial charge in [0.05, 0.1) is 17.1 Å². The lowest BCUT2D eigenvalue weighted by Crippen LogP contribution is -2.34. The summed E-state index contributed by atoms with van der Waals surface area (Å²) < 4.78 is 5.43. The van der Waals surface area contributed by atoms with E-state index >= 15 is 0 Å². The number of nitro groups is 1. The molecule has 152 valence electrons. The molecule has 0 unspecified atom stereocenters. The number of nitrogens with one attached hydrogen (secondary N) is 1. The number of nitrogens with zero attached hydrogens (tertiary/aromatic N) is 3. The summed E-state index contributed by atoms with van der Waals surface area (Å²) in [4.78, 5) is 14.8. The van der Waals surface area contributed by atoms with Crippen molar-refractivity contribution >= 4 is 5.69 Å². The molecule has 0 spiro atoms. The number of aliphatic hydroxyl groups excluding tert-OH is 1. The molecule has 3 aromatic rings. The van der Waals surface area contributed by atoms with E-state index < -0.39 is 11.0 Å². The molecule has 0 aliphatic rings. The number of aromatic nitrogens is 2. The van der Waals surface area contributed by atoms with Crippen LogP contribution in [0, 0.1) is 16.0 Å². The van der Waals surface area contributed by atoms with Crippen molar-refractivity contribution in [3.8, 4) is 11.4 Å². The van der Waals surface area contributed by atoms with E-state index in [2.05, 4.69) is 15.5 Å². The monoisotopic (exact) mass is 396 g/mol. The molecule has 8 heteroatoms. The minimum Gasteiger partial charge on any atom is -0.391 e. The third kappa shape index (κ3) is 5.46. The van der Waals surface area contributed by atoms with Crippen LogP contribution in [-0.4, -0.2) is 32.8 Å². The Bertz CT molecular complexity index is 925. The summed E-state index contributed by atoms with van der Waals surface area (Å²) >= 11 is 0. The Kier molecular flexibility index (Phi) is 6.69. The molecule has 0 fully saturated rings. The van der Waals surface area contributed by atoms with Gasteiger partial charge in [0.1, 0.15) is 0 Å². The summed E-state index contributed by atoms with van der Waals surface area (Å²) in [5, 5.41) is 28.4. The largest absolute Gasteiger partial charge is 0.391 e. The molecule has 0 bridgehead atoms. The van der Waals surface area contributed by atoms with E-state index in [-0.39, 0.29) is 17.6 Å². The Morgan fingerprint density at radius 2 is 1.83 bits per heavy atom. The summed E-state index contributed by atoms with van der Waals surface area (Å²) in [6.45, 7) is 4.43. The highest BCUT2D eigenvalue weighted by Gasteiger charge is 2.23. The van der Waals surface area contributed by atoms with Crippen LogP contribution in [-0.2, 0) is 6.42 Å². The van der Waals surface area contributed by atoms with Crippen molar-refractivity contribution in [2.45, 2.75) is 32.4 Å². The Labute approximate surface area is 168 Å². The van der Waals surface area contributed by atoms with Crippen molar-refractivity contribution in [3.05, 3.63) is 76.2 Å². The maximum Gasteiger partial charge on any atom is 0.269 e. The van der Waals surface area contributed by atoms with Gasteiger partial charge in [0, 0.05) is 24.2 Å². The molecule has 0 amide bonds. The quantitative estimate of drug-likeness (QED) is 0.420. The molecule has 2 N–H and O–H groups in total. The number of hydrogen-bond donors (Lipinski definition) is 2. The fourth-order valence-electron chi connectivity index (χ4n) is 3.04. The lowest BCUT2D eigenvalue weighted by molar-refractivity contribution is -0.384. The van der Waals surface area contributed by atoms with Gasteiger partial charge in [0.2, 0.25) is 11.7 Å². The van der Waals surface area contributed by atoms with Gasteiger partial charge in [-0.3, -0.25) is 10.1 Å². The Hall–Kier alpha value is -3.10. The third-order valence-corrected chi connectivity index (χ3v) is 4.60. The van der Waals surface area contributed by atoms with Crippen LogP contribution < -0.4 is 5.32 Å². The van der Waals surface area contributed by atoms with Crippen molar-refractivity contribution in [1.82, 2.24) is 15.5 Å². The zero-order valence-electron chi connectivity index (χ0n) is 16.4. The number of aliphatic hydroxyl groups is 1. The number of rotatable bonds is 9. The normalized spacial score (nSPS) is 13.4. The van der Waals surface area contributed by atoms with Crippen molar-refractivity contribution in [2.75, 3.05) is 6.54 Å². The average molecular weight is 396 g/mol. The van der Waals surface area contributed by atoms with Gasteiger partial charge in [-0.2, -0.15) is 4.98 Å². The van der Waals surface area contributed by atoms with E-state index in [1.54, 1.807) is 12.1 Å². The molecule has 3 rings (SSSR count). The molecule has 2 atom stereocenters. The first-order valence-electron chi connectivity index (χ1n) is 9.48. The minimum atomic E-state index is -0.546. The zero-order valence-corrected chi connectivity index (χ0v) is 16.4. The van der Waals surface area contributed by atoms with Crippen molar-refractivity contribution in [1.29, 1.82) is 0 Å². The van der Waals surface area contributed by atoms with E-state index in [4.69, 9.17) is 4.52 Å². The van der Waals surface area contributed by atoms with Crippen LogP contribution in [0.2, 0.25) is 0 Å². The van der Waals surface area contributed by atoms with Crippen LogP contribution in [0.5, 0.6) is 0 Å². The van der Waals surface area contributed by atoms with Gasteiger partial charge in [0.15, 0.2) is 0 Å². The third-order valence-electron chi connectivity index (χ3n) is 4.60. The first kappa shape index (κ1) is 20.6.